The third-order valence-electron chi connectivity index (χ3n) is 3.03. The second-order valence-corrected chi connectivity index (χ2v) is 4.37. The predicted molar refractivity (Wildman–Crippen MR) is 61.8 cm³/mol. The summed E-state index contributed by atoms with van der Waals surface area (Å²) in [5.74, 6) is 0. The van der Waals surface area contributed by atoms with E-state index in [1.165, 1.54) is 12.0 Å². The molecule has 0 amide bonds. The van der Waals surface area contributed by atoms with Gasteiger partial charge in [0.05, 0.1) is 6.10 Å². The van der Waals surface area contributed by atoms with Gasteiger partial charge in [-0.1, -0.05) is 30.3 Å². The number of aliphatic hydroxyl groups is 1. The Bertz CT molecular complexity index is 280. The van der Waals surface area contributed by atoms with Gasteiger partial charge in [-0.15, -0.1) is 0 Å². The molecule has 0 heterocycles. The van der Waals surface area contributed by atoms with Gasteiger partial charge in [-0.25, -0.2) is 0 Å². The Morgan fingerprint density at radius 2 is 1.93 bits per heavy atom. The second kappa shape index (κ2) is 5.29. The number of benzene rings is 1. The molecule has 15 heavy (non-hydrogen) atoms. The van der Waals surface area contributed by atoms with Crippen LogP contribution in [0.5, 0.6) is 0 Å². The Hall–Kier alpha value is -0.860. The van der Waals surface area contributed by atoms with E-state index in [0.29, 0.717) is 6.04 Å². The van der Waals surface area contributed by atoms with Crippen molar-refractivity contribution in [2.45, 2.75) is 37.8 Å². The maximum absolute atomic E-state index is 9.11. The van der Waals surface area contributed by atoms with Crippen molar-refractivity contribution in [1.82, 2.24) is 5.32 Å². The minimum absolute atomic E-state index is 0.0448. The van der Waals surface area contributed by atoms with Gasteiger partial charge in [-0.3, -0.25) is 0 Å². The van der Waals surface area contributed by atoms with Crippen LogP contribution in [0.3, 0.4) is 0 Å². The molecule has 2 N–H and O–H groups in total. The van der Waals surface area contributed by atoms with E-state index in [1.807, 2.05) is 0 Å². The molecular formula is C13H19NO. The largest absolute Gasteiger partial charge is 0.393 e. The maximum atomic E-state index is 9.11. The Morgan fingerprint density at radius 3 is 2.60 bits per heavy atom. The first-order valence-electron chi connectivity index (χ1n) is 5.80. The highest BCUT2D eigenvalue weighted by Gasteiger charge is 2.25. The van der Waals surface area contributed by atoms with E-state index >= 15 is 0 Å². The minimum atomic E-state index is -0.0448. The fraction of sp³-hybridized carbons (Fsp3) is 0.538. The van der Waals surface area contributed by atoms with Gasteiger partial charge in [0, 0.05) is 6.04 Å². The molecule has 0 aliphatic heterocycles. The van der Waals surface area contributed by atoms with Crippen molar-refractivity contribution in [1.29, 1.82) is 0 Å². The maximum Gasteiger partial charge on any atom is 0.0570 e. The molecule has 2 nitrogen and oxygen atoms in total. The van der Waals surface area contributed by atoms with Crippen molar-refractivity contribution < 1.29 is 5.11 Å². The highest BCUT2D eigenvalue weighted by atomic mass is 16.3. The van der Waals surface area contributed by atoms with Gasteiger partial charge >= 0.3 is 0 Å². The summed E-state index contributed by atoms with van der Waals surface area (Å²) in [6, 6.07) is 11.1. The number of hydrogen-bond donors (Lipinski definition) is 2. The smallest absolute Gasteiger partial charge is 0.0570 e. The number of rotatable bonds is 5. The molecule has 0 spiro atoms. The third-order valence-corrected chi connectivity index (χ3v) is 3.03. The summed E-state index contributed by atoms with van der Waals surface area (Å²) < 4.78 is 0. The number of aliphatic hydroxyl groups excluding tert-OH is 1. The van der Waals surface area contributed by atoms with Crippen LogP contribution in [0.4, 0.5) is 0 Å². The quantitative estimate of drug-likeness (QED) is 0.718. The van der Waals surface area contributed by atoms with Gasteiger partial charge in [0.1, 0.15) is 0 Å². The molecule has 0 saturated heterocycles. The highest BCUT2D eigenvalue weighted by Crippen LogP contribution is 2.19. The second-order valence-electron chi connectivity index (χ2n) is 4.37. The van der Waals surface area contributed by atoms with Crippen LogP contribution in [0.15, 0.2) is 30.3 Å². The average molecular weight is 205 g/mol. The van der Waals surface area contributed by atoms with E-state index in [1.54, 1.807) is 0 Å². The van der Waals surface area contributed by atoms with Crippen LogP contribution in [-0.2, 0) is 6.42 Å². The summed E-state index contributed by atoms with van der Waals surface area (Å²) in [5, 5.41) is 12.6. The molecule has 1 aliphatic carbocycles. The van der Waals surface area contributed by atoms with Crippen molar-refractivity contribution in [3.8, 4) is 0 Å². The van der Waals surface area contributed by atoms with E-state index in [9.17, 15) is 0 Å². The zero-order chi connectivity index (χ0) is 10.5. The molecule has 2 rings (SSSR count). The summed E-state index contributed by atoms with van der Waals surface area (Å²) in [4.78, 5) is 0. The first-order valence-corrected chi connectivity index (χ1v) is 5.80. The Morgan fingerprint density at radius 1 is 1.20 bits per heavy atom. The van der Waals surface area contributed by atoms with Crippen LogP contribution in [0.1, 0.15) is 24.8 Å². The average Bonchev–Trinajstić information content (AvgIpc) is 2.23. The Balaban J connectivity index is 1.56. The molecule has 1 saturated carbocycles. The Labute approximate surface area is 91.3 Å². The topological polar surface area (TPSA) is 32.3 Å². The molecule has 1 fully saturated rings. The molecular weight excluding hydrogens is 186 g/mol. The molecule has 82 valence electrons. The van der Waals surface area contributed by atoms with Crippen molar-refractivity contribution >= 4 is 0 Å². The molecule has 1 aromatic rings. The van der Waals surface area contributed by atoms with Gasteiger partial charge < -0.3 is 10.4 Å². The molecule has 0 radical (unpaired) electrons. The molecule has 0 bridgehead atoms. The summed E-state index contributed by atoms with van der Waals surface area (Å²) in [6.45, 7) is 1.06. The first kappa shape index (κ1) is 10.7. The Kier molecular flexibility index (Phi) is 3.75. The highest BCUT2D eigenvalue weighted by molar-refractivity contribution is 5.14. The minimum Gasteiger partial charge on any atom is -0.393 e. The SMILES string of the molecule is OC1CC(NCCCc2ccccc2)C1. The zero-order valence-corrected chi connectivity index (χ0v) is 9.02. The van der Waals surface area contributed by atoms with Gasteiger partial charge in [-0.2, -0.15) is 0 Å². The van der Waals surface area contributed by atoms with Gasteiger partial charge in [0.2, 0.25) is 0 Å². The fourth-order valence-corrected chi connectivity index (χ4v) is 2.00. The summed E-state index contributed by atoms with van der Waals surface area (Å²) in [7, 11) is 0. The van der Waals surface area contributed by atoms with Crippen LogP contribution in [0.25, 0.3) is 0 Å². The van der Waals surface area contributed by atoms with Gasteiger partial charge in [0.25, 0.3) is 0 Å². The van der Waals surface area contributed by atoms with Crippen LogP contribution in [-0.4, -0.2) is 23.8 Å². The van der Waals surface area contributed by atoms with Crippen LogP contribution in [0.2, 0.25) is 0 Å². The van der Waals surface area contributed by atoms with E-state index < -0.39 is 0 Å². The van der Waals surface area contributed by atoms with Crippen molar-refractivity contribution in [2.24, 2.45) is 0 Å². The number of nitrogens with one attached hydrogen (secondary N) is 1. The third kappa shape index (κ3) is 3.33. The molecule has 0 atom stereocenters. The lowest BCUT2D eigenvalue weighted by Gasteiger charge is -2.32. The van der Waals surface area contributed by atoms with Crippen LogP contribution >= 0.6 is 0 Å². The van der Waals surface area contributed by atoms with Gasteiger partial charge in [-0.05, 0) is 37.8 Å². The standard InChI is InChI=1S/C13H19NO/c15-13-9-12(10-13)14-8-4-7-11-5-2-1-3-6-11/h1-3,5-6,12-15H,4,7-10H2. The molecule has 1 aromatic carbocycles. The summed E-state index contributed by atoms with van der Waals surface area (Å²) >= 11 is 0. The molecule has 0 unspecified atom stereocenters. The molecule has 0 aromatic heterocycles. The molecule has 2 heteroatoms. The zero-order valence-electron chi connectivity index (χ0n) is 9.02. The summed E-state index contributed by atoms with van der Waals surface area (Å²) in [5.41, 5.74) is 1.41. The number of hydrogen-bond acceptors (Lipinski definition) is 2. The lowest BCUT2D eigenvalue weighted by molar-refractivity contribution is 0.0627. The van der Waals surface area contributed by atoms with E-state index in [-0.39, 0.29) is 6.10 Å². The monoisotopic (exact) mass is 205 g/mol. The van der Waals surface area contributed by atoms with E-state index in [0.717, 1.165) is 25.8 Å². The van der Waals surface area contributed by atoms with Crippen molar-refractivity contribution in [3.63, 3.8) is 0 Å². The van der Waals surface area contributed by atoms with E-state index in [2.05, 4.69) is 35.6 Å². The predicted octanol–water partition coefficient (Wildman–Crippen LogP) is 1.73. The fourth-order valence-electron chi connectivity index (χ4n) is 2.00. The first-order chi connectivity index (χ1) is 7.34. The normalized spacial score (nSPS) is 24.9. The van der Waals surface area contributed by atoms with Gasteiger partial charge in [0.15, 0.2) is 0 Å². The van der Waals surface area contributed by atoms with Crippen molar-refractivity contribution in [2.75, 3.05) is 6.54 Å². The van der Waals surface area contributed by atoms with Crippen LogP contribution < -0.4 is 5.32 Å². The summed E-state index contributed by atoms with van der Waals surface area (Å²) in [6.07, 6.45) is 4.15. The number of aryl methyl sites for hydroxylation is 1. The van der Waals surface area contributed by atoms with Crippen molar-refractivity contribution in [3.05, 3.63) is 35.9 Å². The lowest BCUT2D eigenvalue weighted by atomic mass is 9.89. The molecule has 1 aliphatic rings. The van der Waals surface area contributed by atoms with Crippen LogP contribution in [0, 0.1) is 0 Å². The van der Waals surface area contributed by atoms with E-state index in [4.69, 9.17) is 5.11 Å². The lowest BCUT2D eigenvalue weighted by Crippen LogP contribution is -2.44.